The molecular formula is C14H16N6O4. The number of hydrogen-bond acceptors (Lipinski definition) is 5. The third-order valence-corrected chi connectivity index (χ3v) is 3.10. The van der Waals surface area contributed by atoms with E-state index in [1.54, 1.807) is 0 Å². The molecule has 0 aliphatic rings. The Morgan fingerprint density at radius 3 is 2.75 bits per heavy atom. The van der Waals surface area contributed by atoms with E-state index < -0.39 is 11.6 Å². The topological polar surface area (TPSA) is 146 Å². The number of hydrogen-bond donors (Lipinski definition) is 4. The van der Waals surface area contributed by atoms with Crippen LogP contribution in [-0.4, -0.2) is 42.2 Å². The first-order chi connectivity index (χ1) is 11.4. The third kappa shape index (κ3) is 3.85. The quantitative estimate of drug-likeness (QED) is 0.494. The van der Waals surface area contributed by atoms with Crippen molar-refractivity contribution in [2.24, 2.45) is 7.05 Å². The zero-order valence-electron chi connectivity index (χ0n) is 13.0. The first-order valence-corrected chi connectivity index (χ1v) is 6.89. The first kappa shape index (κ1) is 16.9. The molecule has 10 nitrogen and oxygen atoms in total. The summed E-state index contributed by atoms with van der Waals surface area (Å²) in [7, 11) is 1.48. The standard InChI is InChI=1S/C13H14N6O2.CH2O2/c1-7-15-9-4-3-8(5-10(9)16-7)6-14-12(20)11-17-13(21)19(2)18-11;2-1-3/h3-5H,6H2,1-2H3,(H,14,20)(H,15,16)(H,17,18,21);1H,(H,2,3). The molecule has 126 valence electrons. The lowest BCUT2D eigenvalue weighted by Gasteiger charge is -2.03. The lowest BCUT2D eigenvalue weighted by molar-refractivity contribution is -0.122. The van der Waals surface area contributed by atoms with Crippen molar-refractivity contribution in [3.8, 4) is 0 Å². The van der Waals surface area contributed by atoms with E-state index in [2.05, 4.69) is 25.4 Å². The average molecular weight is 332 g/mol. The maximum absolute atomic E-state index is 11.9. The van der Waals surface area contributed by atoms with E-state index in [1.165, 1.54) is 7.05 Å². The van der Waals surface area contributed by atoms with Crippen LogP contribution in [0.15, 0.2) is 23.0 Å². The normalized spacial score (nSPS) is 10.1. The molecule has 0 aliphatic carbocycles. The Bertz CT molecular complexity index is 923. The van der Waals surface area contributed by atoms with Gasteiger partial charge in [0.05, 0.1) is 11.0 Å². The van der Waals surface area contributed by atoms with Gasteiger partial charge in [0.2, 0.25) is 5.82 Å². The molecule has 0 radical (unpaired) electrons. The molecule has 1 amide bonds. The Labute approximate surface area is 135 Å². The van der Waals surface area contributed by atoms with Crippen LogP contribution in [-0.2, 0) is 18.4 Å². The number of benzene rings is 1. The number of imidazole rings is 1. The highest BCUT2D eigenvalue weighted by molar-refractivity contribution is 5.90. The Morgan fingerprint density at radius 2 is 2.12 bits per heavy atom. The Hall–Kier alpha value is -3.43. The SMILES string of the molecule is Cc1nc2ccc(CNC(=O)c3nn(C)c(=O)[nH]3)cc2[nH]1.O=CO. The number of aryl methyl sites for hydroxylation is 2. The summed E-state index contributed by atoms with van der Waals surface area (Å²) in [6.45, 7) is 1.98. The van der Waals surface area contributed by atoms with Crippen LogP contribution in [0.5, 0.6) is 0 Å². The summed E-state index contributed by atoms with van der Waals surface area (Å²) in [6.07, 6.45) is 0. The molecule has 2 aromatic heterocycles. The number of H-pyrrole nitrogens is 2. The van der Waals surface area contributed by atoms with Crippen molar-refractivity contribution in [1.29, 1.82) is 0 Å². The molecular weight excluding hydrogens is 316 g/mol. The molecule has 3 rings (SSSR count). The predicted octanol–water partition coefficient (Wildman–Crippen LogP) is -0.0761. The van der Waals surface area contributed by atoms with Gasteiger partial charge in [0.1, 0.15) is 5.82 Å². The zero-order chi connectivity index (χ0) is 17.7. The van der Waals surface area contributed by atoms with Gasteiger partial charge >= 0.3 is 5.69 Å². The minimum Gasteiger partial charge on any atom is -0.483 e. The number of carbonyl (C=O) groups excluding carboxylic acids is 1. The van der Waals surface area contributed by atoms with Crippen LogP contribution in [0.3, 0.4) is 0 Å². The van der Waals surface area contributed by atoms with E-state index in [9.17, 15) is 9.59 Å². The maximum Gasteiger partial charge on any atom is 0.343 e. The monoisotopic (exact) mass is 332 g/mol. The molecule has 10 heteroatoms. The van der Waals surface area contributed by atoms with Gasteiger partial charge in [-0.1, -0.05) is 6.07 Å². The number of nitrogens with zero attached hydrogens (tertiary/aromatic N) is 3. The highest BCUT2D eigenvalue weighted by Crippen LogP contribution is 2.13. The fraction of sp³-hybridized carbons (Fsp3) is 0.214. The van der Waals surface area contributed by atoms with E-state index in [1.807, 2.05) is 25.1 Å². The fourth-order valence-electron chi connectivity index (χ4n) is 2.07. The average Bonchev–Trinajstić information content (AvgIpc) is 3.07. The second kappa shape index (κ2) is 7.22. The number of carboxylic acid groups (broad SMARTS) is 1. The third-order valence-electron chi connectivity index (χ3n) is 3.10. The Kier molecular flexibility index (Phi) is 5.09. The number of aromatic nitrogens is 5. The van der Waals surface area contributed by atoms with Crippen molar-refractivity contribution in [3.63, 3.8) is 0 Å². The van der Waals surface area contributed by atoms with E-state index in [0.717, 1.165) is 27.1 Å². The van der Waals surface area contributed by atoms with E-state index in [-0.39, 0.29) is 12.3 Å². The van der Waals surface area contributed by atoms with Gasteiger partial charge in [-0.25, -0.2) is 14.5 Å². The lowest BCUT2D eigenvalue weighted by Crippen LogP contribution is -2.24. The van der Waals surface area contributed by atoms with Gasteiger partial charge in [-0.15, -0.1) is 5.10 Å². The number of amides is 1. The van der Waals surface area contributed by atoms with Crippen molar-refractivity contribution in [3.05, 3.63) is 45.9 Å². The van der Waals surface area contributed by atoms with Crippen molar-refractivity contribution in [2.75, 3.05) is 0 Å². The second-order valence-corrected chi connectivity index (χ2v) is 4.86. The summed E-state index contributed by atoms with van der Waals surface area (Å²) in [4.78, 5) is 41.3. The molecule has 3 aromatic rings. The van der Waals surface area contributed by atoms with Crippen LogP contribution in [0.4, 0.5) is 0 Å². The molecule has 2 heterocycles. The molecule has 0 spiro atoms. The second-order valence-electron chi connectivity index (χ2n) is 4.86. The molecule has 0 atom stereocenters. The van der Waals surface area contributed by atoms with Gasteiger partial charge in [0, 0.05) is 13.6 Å². The van der Waals surface area contributed by atoms with Crippen LogP contribution in [0.2, 0.25) is 0 Å². The lowest BCUT2D eigenvalue weighted by atomic mass is 10.2. The van der Waals surface area contributed by atoms with Crippen molar-refractivity contribution >= 4 is 23.4 Å². The van der Waals surface area contributed by atoms with Gasteiger partial charge in [-0.2, -0.15) is 0 Å². The summed E-state index contributed by atoms with van der Waals surface area (Å²) in [5, 5.41) is 13.4. The minimum absolute atomic E-state index is 0.000891. The van der Waals surface area contributed by atoms with E-state index in [4.69, 9.17) is 9.90 Å². The molecule has 0 saturated heterocycles. The summed E-state index contributed by atoms with van der Waals surface area (Å²) in [6, 6.07) is 5.71. The summed E-state index contributed by atoms with van der Waals surface area (Å²) >= 11 is 0. The van der Waals surface area contributed by atoms with Crippen molar-refractivity contribution in [2.45, 2.75) is 13.5 Å². The van der Waals surface area contributed by atoms with E-state index >= 15 is 0 Å². The smallest absolute Gasteiger partial charge is 0.343 e. The number of aromatic amines is 2. The van der Waals surface area contributed by atoms with Gasteiger partial charge in [0.25, 0.3) is 12.4 Å². The molecule has 4 N–H and O–H groups in total. The highest BCUT2D eigenvalue weighted by Gasteiger charge is 2.11. The summed E-state index contributed by atoms with van der Waals surface area (Å²) in [5.41, 5.74) is 2.31. The highest BCUT2D eigenvalue weighted by atomic mass is 16.3. The number of rotatable bonds is 3. The predicted molar refractivity (Wildman–Crippen MR) is 84.5 cm³/mol. The first-order valence-electron chi connectivity index (χ1n) is 6.89. The number of nitrogens with one attached hydrogen (secondary N) is 3. The largest absolute Gasteiger partial charge is 0.483 e. The van der Waals surface area contributed by atoms with Crippen molar-refractivity contribution < 1.29 is 14.7 Å². The van der Waals surface area contributed by atoms with Gasteiger partial charge in [0.15, 0.2) is 0 Å². The molecule has 0 saturated carbocycles. The van der Waals surface area contributed by atoms with Crippen LogP contribution in [0.25, 0.3) is 11.0 Å². The van der Waals surface area contributed by atoms with Crippen LogP contribution >= 0.6 is 0 Å². The van der Waals surface area contributed by atoms with Gasteiger partial charge in [-0.05, 0) is 24.6 Å². The molecule has 0 bridgehead atoms. The molecule has 0 unspecified atom stereocenters. The van der Waals surface area contributed by atoms with Crippen LogP contribution in [0, 0.1) is 6.92 Å². The fourth-order valence-corrected chi connectivity index (χ4v) is 2.07. The maximum atomic E-state index is 11.9. The number of fused-ring (bicyclic) bond motifs is 1. The molecule has 0 aliphatic heterocycles. The Morgan fingerprint density at radius 1 is 1.42 bits per heavy atom. The zero-order valence-corrected chi connectivity index (χ0v) is 13.0. The van der Waals surface area contributed by atoms with E-state index in [0.29, 0.717) is 6.54 Å². The molecule has 24 heavy (non-hydrogen) atoms. The Balaban J connectivity index is 0.000000647. The number of carbonyl (C=O) groups is 2. The molecule has 0 fully saturated rings. The minimum atomic E-state index is -0.423. The molecule has 1 aromatic carbocycles. The van der Waals surface area contributed by atoms with Gasteiger partial charge < -0.3 is 15.4 Å². The van der Waals surface area contributed by atoms with Crippen molar-refractivity contribution in [1.82, 2.24) is 30.0 Å². The van der Waals surface area contributed by atoms with Gasteiger partial charge in [-0.3, -0.25) is 14.6 Å². The van der Waals surface area contributed by atoms with Crippen LogP contribution < -0.4 is 11.0 Å². The summed E-state index contributed by atoms with van der Waals surface area (Å²) < 4.78 is 1.08. The van der Waals surface area contributed by atoms with Crippen LogP contribution in [0.1, 0.15) is 22.0 Å². The summed E-state index contributed by atoms with van der Waals surface area (Å²) in [5.74, 6) is 0.423.